The summed E-state index contributed by atoms with van der Waals surface area (Å²) in [5, 5.41) is 10.1. The highest BCUT2D eigenvalue weighted by atomic mass is 19.4. The van der Waals surface area contributed by atoms with Gasteiger partial charge in [0.1, 0.15) is 5.75 Å². The molecule has 1 atom stereocenters. The molecule has 0 saturated heterocycles. The predicted molar refractivity (Wildman–Crippen MR) is 76.3 cm³/mol. The molecular formula is C17H13F3O2. The van der Waals surface area contributed by atoms with Crippen LogP contribution in [-0.4, -0.2) is 18.4 Å². The van der Waals surface area contributed by atoms with Crippen LogP contribution < -0.4 is 4.74 Å². The minimum Gasteiger partial charge on any atom is -0.497 e. The SMILES string of the molecule is COc1ccc(C#CC(O)(c2ccccc2)C(F)(F)F)cc1. The van der Waals surface area contributed by atoms with Crippen molar-refractivity contribution in [2.24, 2.45) is 0 Å². The van der Waals surface area contributed by atoms with Crippen LogP contribution in [0.25, 0.3) is 0 Å². The summed E-state index contributed by atoms with van der Waals surface area (Å²) >= 11 is 0. The summed E-state index contributed by atoms with van der Waals surface area (Å²) in [5.74, 6) is 4.88. The van der Waals surface area contributed by atoms with Gasteiger partial charge in [0.2, 0.25) is 5.60 Å². The summed E-state index contributed by atoms with van der Waals surface area (Å²) in [6.07, 6.45) is -4.91. The summed E-state index contributed by atoms with van der Waals surface area (Å²) in [4.78, 5) is 0. The van der Waals surface area contributed by atoms with Gasteiger partial charge in [0.25, 0.3) is 0 Å². The van der Waals surface area contributed by atoms with E-state index in [1.807, 2.05) is 5.92 Å². The first-order valence-corrected chi connectivity index (χ1v) is 6.38. The van der Waals surface area contributed by atoms with Crippen LogP contribution in [0.5, 0.6) is 5.75 Å². The summed E-state index contributed by atoms with van der Waals surface area (Å²) in [7, 11) is 1.48. The van der Waals surface area contributed by atoms with E-state index >= 15 is 0 Å². The summed E-state index contributed by atoms with van der Waals surface area (Å²) in [6.45, 7) is 0. The van der Waals surface area contributed by atoms with E-state index in [0.29, 0.717) is 11.3 Å². The first-order chi connectivity index (χ1) is 10.4. The van der Waals surface area contributed by atoms with Crippen LogP contribution in [0.1, 0.15) is 11.1 Å². The van der Waals surface area contributed by atoms with Crippen LogP contribution >= 0.6 is 0 Å². The van der Waals surface area contributed by atoms with Gasteiger partial charge >= 0.3 is 6.18 Å². The standard InChI is InChI=1S/C17H13F3O2/c1-22-15-9-7-13(8-10-15)11-12-16(21,17(18,19)20)14-5-3-2-4-6-14/h2-10,21H,1H3. The van der Waals surface area contributed by atoms with Gasteiger partial charge in [-0.05, 0) is 30.2 Å². The molecule has 0 radical (unpaired) electrons. The molecule has 0 spiro atoms. The van der Waals surface area contributed by atoms with Crippen LogP contribution in [0.3, 0.4) is 0 Å². The maximum absolute atomic E-state index is 13.2. The monoisotopic (exact) mass is 306 g/mol. The number of ether oxygens (including phenoxy) is 1. The van der Waals surface area contributed by atoms with Crippen molar-refractivity contribution >= 4 is 0 Å². The highest BCUT2D eigenvalue weighted by molar-refractivity contribution is 5.43. The molecular weight excluding hydrogens is 293 g/mol. The molecule has 2 nitrogen and oxygen atoms in total. The number of aliphatic hydroxyl groups is 1. The van der Waals surface area contributed by atoms with Gasteiger partial charge in [-0.1, -0.05) is 36.3 Å². The van der Waals surface area contributed by atoms with Crippen molar-refractivity contribution in [3.05, 3.63) is 65.7 Å². The smallest absolute Gasteiger partial charge is 0.433 e. The predicted octanol–water partition coefficient (Wildman–Crippen LogP) is 3.50. The van der Waals surface area contributed by atoms with Crippen LogP contribution in [0.15, 0.2) is 54.6 Å². The lowest BCUT2D eigenvalue weighted by atomic mass is 9.93. The fourth-order valence-electron chi connectivity index (χ4n) is 1.82. The Morgan fingerprint density at radius 3 is 2.05 bits per heavy atom. The molecule has 0 aliphatic heterocycles. The van der Waals surface area contributed by atoms with Gasteiger partial charge in [-0.25, -0.2) is 0 Å². The molecule has 0 aromatic heterocycles. The van der Waals surface area contributed by atoms with Crippen molar-refractivity contribution in [1.82, 2.24) is 0 Å². The summed E-state index contributed by atoms with van der Waals surface area (Å²) < 4.78 is 44.7. The van der Waals surface area contributed by atoms with E-state index in [1.54, 1.807) is 18.2 Å². The van der Waals surface area contributed by atoms with Crippen molar-refractivity contribution in [3.8, 4) is 17.6 Å². The Hall–Kier alpha value is -2.45. The van der Waals surface area contributed by atoms with Crippen molar-refractivity contribution in [1.29, 1.82) is 0 Å². The first-order valence-electron chi connectivity index (χ1n) is 6.38. The van der Waals surface area contributed by atoms with Crippen LogP contribution in [0, 0.1) is 11.8 Å². The number of methoxy groups -OCH3 is 1. The molecule has 0 heterocycles. The average Bonchev–Trinajstić information content (AvgIpc) is 2.53. The van der Waals surface area contributed by atoms with Gasteiger partial charge in [-0.2, -0.15) is 13.2 Å². The van der Waals surface area contributed by atoms with E-state index in [0.717, 1.165) is 0 Å². The molecule has 2 aromatic carbocycles. The minimum atomic E-state index is -4.91. The van der Waals surface area contributed by atoms with Gasteiger partial charge < -0.3 is 9.84 Å². The van der Waals surface area contributed by atoms with E-state index in [2.05, 4.69) is 5.92 Å². The summed E-state index contributed by atoms with van der Waals surface area (Å²) in [5.41, 5.74) is -3.18. The Kier molecular flexibility index (Phi) is 4.43. The minimum absolute atomic E-state index is 0.316. The van der Waals surface area contributed by atoms with Crippen LogP contribution in [0.4, 0.5) is 13.2 Å². The third-order valence-electron chi connectivity index (χ3n) is 3.08. The Morgan fingerprint density at radius 2 is 1.55 bits per heavy atom. The highest BCUT2D eigenvalue weighted by Crippen LogP contribution is 2.38. The average molecular weight is 306 g/mol. The normalized spacial score (nSPS) is 13.7. The Balaban J connectivity index is 2.42. The van der Waals surface area contributed by atoms with E-state index in [4.69, 9.17) is 4.74 Å². The lowest BCUT2D eigenvalue weighted by molar-refractivity contribution is -0.240. The van der Waals surface area contributed by atoms with Crippen molar-refractivity contribution in [3.63, 3.8) is 0 Å². The number of hydrogen-bond acceptors (Lipinski definition) is 2. The molecule has 0 amide bonds. The maximum Gasteiger partial charge on any atom is 0.433 e. The third kappa shape index (κ3) is 3.23. The maximum atomic E-state index is 13.2. The number of alkyl halides is 3. The first kappa shape index (κ1) is 15.9. The van der Waals surface area contributed by atoms with Gasteiger partial charge in [0.05, 0.1) is 7.11 Å². The highest BCUT2D eigenvalue weighted by Gasteiger charge is 2.54. The second kappa shape index (κ2) is 6.12. The zero-order valence-corrected chi connectivity index (χ0v) is 11.7. The number of hydrogen-bond donors (Lipinski definition) is 1. The Labute approximate surface area is 126 Å². The molecule has 0 aliphatic carbocycles. The third-order valence-corrected chi connectivity index (χ3v) is 3.08. The molecule has 2 aromatic rings. The second-order valence-corrected chi connectivity index (χ2v) is 4.55. The Bertz CT molecular complexity index is 682. The number of rotatable bonds is 2. The largest absolute Gasteiger partial charge is 0.497 e. The van der Waals surface area contributed by atoms with E-state index < -0.39 is 11.8 Å². The number of halogens is 3. The molecule has 0 saturated carbocycles. The number of benzene rings is 2. The van der Waals surface area contributed by atoms with Gasteiger partial charge in [-0.3, -0.25) is 0 Å². The fraction of sp³-hybridized carbons (Fsp3) is 0.176. The second-order valence-electron chi connectivity index (χ2n) is 4.55. The van der Waals surface area contributed by atoms with Crippen molar-refractivity contribution in [2.45, 2.75) is 11.8 Å². The molecule has 0 aliphatic rings. The van der Waals surface area contributed by atoms with E-state index in [1.165, 1.54) is 43.5 Å². The zero-order chi connectivity index (χ0) is 16.2. The zero-order valence-electron chi connectivity index (χ0n) is 11.7. The molecule has 22 heavy (non-hydrogen) atoms. The van der Waals surface area contributed by atoms with Gasteiger partial charge in [0.15, 0.2) is 0 Å². The molecule has 2 rings (SSSR count). The topological polar surface area (TPSA) is 29.5 Å². The van der Waals surface area contributed by atoms with E-state index in [-0.39, 0.29) is 5.56 Å². The van der Waals surface area contributed by atoms with Crippen molar-refractivity contribution < 1.29 is 23.0 Å². The lowest BCUT2D eigenvalue weighted by Crippen LogP contribution is -2.41. The van der Waals surface area contributed by atoms with Crippen LogP contribution in [-0.2, 0) is 5.60 Å². The lowest BCUT2D eigenvalue weighted by Gasteiger charge is -2.25. The summed E-state index contributed by atoms with van der Waals surface area (Å²) in [6, 6.07) is 13.0. The molecule has 114 valence electrons. The quantitative estimate of drug-likeness (QED) is 0.861. The van der Waals surface area contributed by atoms with Gasteiger partial charge in [-0.15, -0.1) is 0 Å². The van der Waals surface area contributed by atoms with Crippen LogP contribution in [0.2, 0.25) is 0 Å². The Morgan fingerprint density at radius 1 is 0.955 bits per heavy atom. The molecule has 0 fully saturated rings. The van der Waals surface area contributed by atoms with Gasteiger partial charge in [0, 0.05) is 11.1 Å². The molecule has 5 heteroatoms. The molecule has 0 bridgehead atoms. The van der Waals surface area contributed by atoms with Crippen molar-refractivity contribution in [2.75, 3.05) is 7.11 Å². The molecule has 1 unspecified atom stereocenters. The van der Waals surface area contributed by atoms with E-state index in [9.17, 15) is 18.3 Å². The molecule has 1 N–H and O–H groups in total. The fourth-order valence-corrected chi connectivity index (χ4v) is 1.82.